The van der Waals surface area contributed by atoms with Crippen LogP contribution in [0, 0.1) is 0 Å². The first-order valence-electron chi connectivity index (χ1n) is 8.64. The number of ketones is 1. The molecule has 29 heavy (non-hydrogen) atoms. The fourth-order valence-electron chi connectivity index (χ4n) is 2.56. The maximum absolute atomic E-state index is 12.4. The van der Waals surface area contributed by atoms with Crippen LogP contribution in [0.2, 0.25) is 0 Å². The van der Waals surface area contributed by atoms with Crippen LogP contribution in [0.25, 0.3) is 17.0 Å². The zero-order valence-corrected chi connectivity index (χ0v) is 15.5. The van der Waals surface area contributed by atoms with E-state index in [4.69, 9.17) is 0 Å². The normalized spacial score (nSPS) is 10.8. The predicted molar refractivity (Wildman–Crippen MR) is 107 cm³/mol. The molecule has 0 aliphatic rings. The lowest BCUT2D eigenvalue weighted by atomic mass is 10.1. The fourth-order valence-corrected chi connectivity index (χ4v) is 2.56. The average Bonchev–Trinajstić information content (AvgIpc) is 2.75. The second-order valence-electron chi connectivity index (χ2n) is 6.01. The molecule has 0 atom stereocenters. The predicted octanol–water partition coefficient (Wildman–Crippen LogP) is 1.72. The van der Waals surface area contributed by atoms with Gasteiger partial charge in [-0.25, -0.2) is 4.98 Å². The topological polar surface area (TPSA) is 118 Å². The van der Waals surface area contributed by atoms with E-state index in [-0.39, 0.29) is 12.4 Å². The number of ether oxygens (including phenoxy) is 1. The Bertz CT molecular complexity index is 1180. The van der Waals surface area contributed by atoms with E-state index in [1.54, 1.807) is 48.5 Å². The summed E-state index contributed by atoms with van der Waals surface area (Å²) in [6.45, 7) is -0.241. The molecular weight excluding hydrogens is 374 g/mol. The third-order valence-electron chi connectivity index (χ3n) is 4.04. The first-order chi connectivity index (χ1) is 14.0. The molecule has 0 fully saturated rings. The number of nitrogens with zero attached hydrogens (tertiary/aromatic N) is 1. The van der Waals surface area contributed by atoms with Gasteiger partial charge in [-0.3, -0.25) is 19.2 Å². The SMILES string of the molecule is COC(=O)CNC(=O)c1cccc(C=CC(=O)c2nc3ccccc3c(=O)[nH]2)c1. The van der Waals surface area contributed by atoms with Crippen molar-refractivity contribution in [3.05, 3.63) is 81.9 Å². The van der Waals surface area contributed by atoms with Gasteiger partial charge < -0.3 is 15.0 Å². The van der Waals surface area contributed by atoms with Crippen molar-refractivity contribution in [2.24, 2.45) is 0 Å². The highest BCUT2D eigenvalue weighted by Gasteiger charge is 2.10. The molecule has 8 heteroatoms. The number of amides is 1. The Balaban J connectivity index is 1.76. The van der Waals surface area contributed by atoms with Crippen LogP contribution >= 0.6 is 0 Å². The van der Waals surface area contributed by atoms with Crippen LogP contribution in [-0.2, 0) is 9.53 Å². The maximum Gasteiger partial charge on any atom is 0.325 e. The van der Waals surface area contributed by atoms with Crippen LogP contribution in [0.1, 0.15) is 26.5 Å². The first kappa shape index (κ1) is 19.7. The van der Waals surface area contributed by atoms with E-state index in [0.717, 1.165) is 0 Å². The third kappa shape index (κ3) is 4.81. The fraction of sp³-hybridized carbons (Fsp3) is 0.0952. The van der Waals surface area contributed by atoms with Gasteiger partial charge >= 0.3 is 5.97 Å². The molecule has 0 saturated carbocycles. The zero-order valence-electron chi connectivity index (χ0n) is 15.5. The molecule has 1 aromatic heterocycles. The number of H-pyrrole nitrogens is 1. The zero-order chi connectivity index (χ0) is 20.8. The number of fused-ring (bicyclic) bond motifs is 1. The van der Waals surface area contributed by atoms with E-state index in [0.29, 0.717) is 22.0 Å². The number of benzene rings is 2. The van der Waals surface area contributed by atoms with Crippen LogP contribution in [0.15, 0.2) is 59.4 Å². The van der Waals surface area contributed by atoms with Crippen LogP contribution in [0.3, 0.4) is 0 Å². The Kier molecular flexibility index (Phi) is 5.94. The van der Waals surface area contributed by atoms with E-state index in [2.05, 4.69) is 20.0 Å². The van der Waals surface area contributed by atoms with E-state index in [1.165, 1.54) is 19.3 Å². The Hall–Kier alpha value is -4.07. The third-order valence-corrected chi connectivity index (χ3v) is 4.04. The molecule has 8 nitrogen and oxygen atoms in total. The highest BCUT2D eigenvalue weighted by Crippen LogP contribution is 2.09. The molecule has 3 aromatic rings. The van der Waals surface area contributed by atoms with Gasteiger partial charge in [0.2, 0.25) is 5.78 Å². The van der Waals surface area contributed by atoms with Crippen molar-refractivity contribution in [3.63, 3.8) is 0 Å². The summed E-state index contributed by atoms with van der Waals surface area (Å²) in [5.74, 6) is -1.56. The Morgan fingerprint density at radius 2 is 1.93 bits per heavy atom. The minimum absolute atomic E-state index is 0.0723. The van der Waals surface area contributed by atoms with Gasteiger partial charge in [-0.1, -0.05) is 30.3 Å². The number of hydrogen-bond acceptors (Lipinski definition) is 6. The Labute approximate surface area is 165 Å². The lowest BCUT2D eigenvalue weighted by Crippen LogP contribution is -2.30. The number of hydrogen-bond donors (Lipinski definition) is 2. The molecule has 0 spiro atoms. The number of esters is 1. The van der Waals surface area contributed by atoms with Crippen molar-refractivity contribution in [3.8, 4) is 0 Å². The minimum Gasteiger partial charge on any atom is -0.468 e. The van der Waals surface area contributed by atoms with Gasteiger partial charge in [0.25, 0.3) is 11.5 Å². The summed E-state index contributed by atoms with van der Waals surface area (Å²) in [6, 6.07) is 13.2. The van der Waals surface area contributed by atoms with Crippen molar-refractivity contribution in [2.45, 2.75) is 0 Å². The van der Waals surface area contributed by atoms with Crippen molar-refractivity contribution in [2.75, 3.05) is 13.7 Å². The second kappa shape index (κ2) is 8.75. The van der Waals surface area contributed by atoms with Crippen LogP contribution in [0.5, 0.6) is 0 Å². The standard InChI is InChI=1S/C21H17N3O5/c1-29-18(26)12-22-20(27)14-6-4-5-13(11-14)9-10-17(25)19-23-16-8-3-2-7-15(16)21(28)24-19/h2-11H,12H2,1H3,(H,22,27)(H,23,24,28). The van der Waals surface area contributed by atoms with Gasteiger partial charge in [0, 0.05) is 5.56 Å². The van der Waals surface area contributed by atoms with Crippen LogP contribution < -0.4 is 10.9 Å². The molecular formula is C21H17N3O5. The summed E-state index contributed by atoms with van der Waals surface area (Å²) in [5, 5.41) is 2.84. The van der Waals surface area contributed by atoms with Crippen molar-refractivity contribution in [1.29, 1.82) is 0 Å². The summed E-state index contributed by atoms with van der Waals surface area (Å²) in [4.78, 5) is 54.3. The molecule has 2 N–H and O–H groups in total. The highest BCUT2D eigenvalue weighted by atomic mass is 16.5. The van der Waals surface area contributed by atoms with Crippen LogP contribution in [-0.4, -0.2) is 41.3 Å². The Morgan fingerprint density at radius 1 is 1.14 bits per heavy atom. The first-order valence-corrected chi connectivity index (χ1v) is 8.64. The molecule has 0 aliphatic carbocycles. The minimum atomic E-state index is -0.558. The summed E-state index contributed by atoms with van der Waals surface area (Å²) >= 11 is 0. The summed E-state index contributed by atoms with van der Waals surface area (Å²) in [6.07, 6.45) is 2.77. The number of nitrogens with one attached hydrogen (secondary N) is 2. The molecule has 1 heterocycles. The molecule has 1 amide bonds. The monoisotopic (exact) mass is 391 g/mol. The van der Waals surface area contributed by atoms with Gasteiger partial charge in [-0.15, -0.1) is 0 Å². The van der Waals surface area contributed by atoms with E-state index < -0.39 is 23.2 Å². The number of rotatable bonds is 6. The van der Waals surface area contributed by atoms with Gasteiger partial charge in [-0.05, 0) is 35.9 Å². The van der Waals surface area contributed by atoms with E-state index >= 15 is 0 Å². The molecule has 146 valence electrons. The maximum atomic E-state index is 12.4. The van der Waals surface area contributed by atoms with Crippen molar-refractivity contribution in [1.82, 2.24) is 15.3 Å². The lowest BCUT2D eigenvalue weighted by molar-refractivity contribution is -0.139. The molecule has 0 unspecified atom stereocenters. The lowest BCUT2D eigenvalue weighted by Gasteiger charge is -2.04. The molecule has 0 bridgehead atoms. The van der Waals surface area contributed by atoms with Gasteiger partial charge in [0.1, 0.15) is 6.54 Å². The summed E-state index contributed by atoms with van der Waals surface area (Å²) in [7, 11) is 1.23. The van der Waals surface area contributed by atoms with Crippen molar-refractivity contribution >= 4 is 34.6 Å². The molecule has 3 rings (SSSR count). The van der Waals surface area contributed by atoms with E-state index in [9.17, 15) is 19.2 Å². The van der Waals surface area contributed by atoms with Gasteiger partial charge in [0.05, 0.1) is 18.0 Å². The molecule has 2 aromatic carbocycles. The van der Waals surface area contributed by atoms with Gasteiger partial charge in [-0.2, -0.15) is 0 Å². The van der Waals surface area contributed by atoms with Crippen molar-refractivity contribution < 1.29 is 19.1 Å². The molecule has 0 radical (unpaired) electrons. The average molecular weight is 391 g/mol. The number of methoxy groups -OCH3 is 1. The number of aromatic nitrogens is 2. The number of allylic oxidation sites excluding steroid dienone is 1. The summed E-state index contributed by atoms with van der Waals surface area (Å²) < 4.78 is 4.47. The van der Waals surface area contributed by atoms with Crippen LogP contribution in [0.4, 0.5) is 0 Å². The Morgan fingerprint density at radius 3 is 2.72 bits per heavy atom. The van der Waals surface area contributed by atoms with Gasteiger partial charge in [0.15, 0.2) is 5.82 Å². The number of carbonyl (C=O) groups excluding carboxylic acids is 3. The van der Waals surface area contributed by atoms with E-state index in [1.807, 2.05) is 0 Å². The summed E-state index contributed by atoms with van der Waals surface area (Å²) in [5.41, 5.74) is 0.946. The molecule has 0 aliphatic heterocycles. The number of carbonyl (C=O) groups is 3. The quantitative estimate of drug-likeness (QED) is 0.375. The highest BCUT2D eigenvalue weighted by molar-refractivity contribution is 6.05. The number of aromatic amines is 1. The number of para-hydroxylation sites is 1. The molecule has 0 saturated heterocycles. The smallest absolute Gasteiger partial charge is 0.325 e. The largest absolute Gasteiger partial charge is 0.468 e. The second-order valence-corrected chi connectivity index (χ2v) is 6.01.